The van der Waals surface area contributed by atoms with E-state index in [0.717, 1.165) is 31.6 Å². The van der Waals surface area contributed by atoms with E-state index in [1.54, 1.807) is 18.2 Å². The number of aromatic nitrogens is 2. The first-order valence-corrected chi connectivity index (χ1v) is 8.57. The fourth-order valence-electron chi connectivity index (χ4n) is 2.97. The van der Waals surface area contributed by atoms with Crippen LogP contribution in [0.2, 0.25) is 0 Å². The highest BCUT2D eigenvalue weighted by atomic mass is 19.1. The second-order valence-corrected chi connectivity index (χ2v) is 6.46. The Morgan fingerprint density at radius 3 is 2.48 bits per heavy atom. The molecule has 2 aromatic rings. The SMILES string of the molecule is O=C(c1cc(NC2CC2)ncn1)N1CCN(c2ccc(F)cc2)CC1. The first kappa shape index (κ1) is 15.8. The van der Waals surface area contributed by atoms with E-state index in [1.807, 2.05) is 4.90 Å². The van der Waals surface area contributed by atoms with Gasteiger partial charge in [-0.25, -0.2) is 14.4 Å². The van der Waals surface area contributed by atoms with Crippen LogP contribution in [0.5, 0.6) is 0 Å². The number of anilines is 2. The first-order chi connectivity index (χ1) is 12.2. The van der Waals surface area contributed by atoms with Crippen LogP contribution >= 0.6 is 0 Å². The summed E-state index contributed by atoms with van der Waals surface area (Å²) in [6.45, 7) is 2.67. The quantitative estimate of drug-likeness (QED) is 0.923. The molecule has 1 N–H and O–H groups in total. The van der Waals surface area contributed by atoms with Crippen molar-refractivity contribution in [3.05, 3.63) is 48.2 Å². The van der Waals surface area contributed by atoms with E-state index in [4.69, 9.17) is 0 Å². The van der Waals surface area contributed by atoms with Crippen LogP contribution in [0.25, 0.3) is 0 Å². The molecular formula is C18H20FN5O. The van der Waals surface area contributed by atoms with E-state index in [1.165, 1.54) is 18.5 Å². The van der Waals surface area contributed by atoms with E-state index in [-0.39, 0.29) is 11.7 Å². The molecule has 1 amide bonds. The van der Waals surface area contributed by atoms with Crippen molar-refractivity contribution in [2.75, 3.05) is 36.4 Å². The van der Waals surface area contributed by atoms with Crippen LogP contribution in [0.15, 0.2) is 36.7 Å². The average Bonchev–Trinajstić information content (AvgIpc) is 3.46. The highest BCUT2D eigenvalue weighted by molar-refractivity contribution is 5.93. The molecule has 2 aliphatic rings. The van der Waals surface area contributed by atoms with Crippen LogP contribution in [-0.2, 0) is 0 Å². The first-order valence-electron chi connectivity index (χ1n) is 8.57. The number of halogens is 1. The summed E-state index contributed by atoms with van der Waals surface area (Å²) in [6, 6.07) is 8.68. The molecule has 4 rings (SSSR count). The molecular weight excluding hydrogens is 321 g/mol. The Morgan fingerprint density at radius 2 is 1.80 bits per heavy atom. The lowest BCUT2D eigenvalue weighted by atomic mass is 10.2. The van der Waals surface area contributed by atoms with Gasteiger partial charge in [0.1, 0.15) is 23.7 Å². The maximum Gasteiger partial charge on any atom is 0.272 e. The molecule has 1 saturated carbocycles. The maximum absolute atomic E-state index is 13.0. The van der Waals surface area contributed by atoms with Crippen molar-refractivity contribution in [1.82, 2.24) is 14.9 Å². The van der Waals surface area contributed by atoms with E-state index in [0.29, 0.717) is 30.6 Å². The Labute approximate surface area is 145 Å². The summed E-state index contributed by atoms with van der Waals surface area (Å²) in [7, 11) is 0. The number of nitrogens with zero attached hydrogens (tertiary/aromatic N) is 4. The highest BCUT2D eigenvalue weighted by Crippen LogP contribution is 2.24. The van der Waals surface area contributed by atoms with Crippen molar-refractivity contribution in [2.24, 2.45) is 0 Å². The summed E-state index contributed by atoms with van der Waals surface area (Å²) in [5.74, 6) is 0.405. The molecule has 130 valence electrons. The molecule has 0 atom stereocenters. The molecule has 2 heterocycles. The molecule has 2 fully saturated rings. The smallest absolute Gasteiger partial charge is 0.272 e. The lowest BCUT2D eigenvalue weighted by Crippen LogP contribution is -2.49. The fourth-order valence-corrected chi connectivity index (χ4v) is 2.97. The fraction of sp³-hybridized carbons (Fsp3) is 0.389. The predicted molar refractivity (Wildman–Crippen MR) is 93.2 cm³/mol. The standard InChI is InChI=1S/C18H20FN5O/c19-13-1-5-15(6-2-13)23-7-9-24(10-8-23)18(25)16-11-17(21-12-20-16)22-14-3-4-14/h1-2,5-6,11-12,14H,3-4,7-10H2,(H,20,21,22). The lowest BCUT2D eigenvalue weighted by molar-refractivity contribution is 0.0740. The third-order valence-corrected chi connectivity index (χ3v) is 4.57. The largest absolute Gasteiger partial charge is 0.368 e. The minimum Gasteiger partial charge on any atom is -0.368 e. The van der Waals surface area contributed by atoms with Gasteiger partial charge in [-0.1, -0.05) is 0 Å². The van der Waals surface area contributed by atoms with Crippen LogP contribution < -0.4 is 10.2 Å². The molecule has 1 aromatic carbocycles. The Hall–Kier alpha value is -2.70. The van der Waals surface area contributed by atoms with Crippen molar-refractivity contribution in [3.63, 3.8) is 0 Å². The number of hydrogen-bond donors (Lipinski definition) is 1. The molecule has 0 bridgehead atoms. The Morgan fingerprint density at radius 1 is 1.08 bits per heavy atom. The molecule has 1 aliphatic heterocycles. The summed E-state index contributed by atoms with van der Waals surface area (Å²) in [6.07, 6.45) is 3.74. The Kier molecular flexibility index (Phi) is 4.21. The van der Waals surface area contributed by atoms with Crippen LogP contribution in [0.3, 0.4) is 0 Å². The monoisotopic (exact) mass is 341 g/mol. The van der Waals surface area contributed by atoms with Crippen molar-refractivity contribution < 1.29 is 9.18 Å². The third-order valence-electron chi connectivity index (χ3n) is 4.57. The molecule has 1 aromatic heterocycles. The van der Waals surface area contributed by atoms with Crippen LogP contribution in [-0.4, -0.2) is 53.0 Å². The average molecular weight is 341 g/mol. The van der Waals surface area contributed by atoms with Gasteiger partial charge in [-0.05, 0) is 37.1 Å². The topological polar surface area (TPSA) is 61.4 Å². The number of hydrogen-bond acceptors (Lipinski definition) is 5. The van der Waals surface area contributed by atoms with Crippen molar-refractivity contribution in [2.45, 2.75) is 18.9 Å². The second-order valence-electron chi connectivity index (χ2n) is 6.46. The number of rotatable bonds is 4. The van der Waals surface area contributed by atoms with Gasteiger partial charge < -0.3 is 15.1 Å². The van der Waals surface area contributed by atoms with Crippen molar-refractivity contribution >= 4 is 17.4 Å². The molecule has 1 saturated heterocycles. The van der Waals surface area contributed by atoms with Gasteiger partial charge in [0.05, 0.1) is 0 Å². The summed E-state index contributed by atoms with van der Waals surface area (Å²) in [5.41, 5.74) is 1.40. The van der Waals surface area contributed by atoms with Crippen molar-refractivity contribution in [3.8, 4) is 0 Å². The third kappa shape index (κ3) is 3.70. The molecule has 6 nitrogen and oxygen atoms in total. The zero-order chi connectivity index (χ0) is 17.2. The number of nitrogens with one attached hydrogen (secondary N) is 1. The Bertz CT molecular complexity index is 754. The zero-order valence-corrected chi connectivity index (χ0v) is 13.9. The van der Waals surface area contributed by atoms with Gasteiger partial charge >= 0.3 is 0 Å². The summed E-state index contributed by atoms with van der Waals surface area (Å²) >= 11 is 0. The number of carbonyl (C=O) groups excluding carboxylic acids is 1. The molecule has 1 aliphatic carbocycles. The summed E-state index contributed by atoms with van der Waals surface area (Å²) in [5, 5.41) is 3.29. The predicted octanol–water partition coefficient (Wildman–Crippen LogP) is 2.15. The normalized spacial score (nSPS) is 17.5. The summed E-state index contributed by atoms with van der Waals surface area (Å²) < 4.78 is 13.0. The molecule has 0 unspecified atom stereocenters. The van der Waals surface area contributed by atoms with Gasteiger partial charge in [0.2, 0.25) is 0 Å². The number of benzene rings is 1. The van der Waals surface area contributed by atoms with Gasteiger partial charge in [0.15, 0.2) is 0 Å². The number of amides is 1. The van der Waals surface area contributed by atoms with E-state index < -0.39 is 0 Å². The van der Waals surface area contributed by atoms with E-state index in [2.05, 4.69) is 20.2 Å². The van der Waals surface area contributed by atoms with Crippen LogP contribution in [0.1, 0.15) is 23.3 Å². The van der Waals surface area contributed by atoms with Gasteiger partial charge in [0.25, 0.3) is 5.91 Å². The highest BCUT2D eigenvalue weighted by Gasteiger charge is 2.25. The van der Waals surface area contributed by atoms with Gasteiger partial charge in [0, 0.05) is 44.0 Å². The Balaban J connectivity index is 1.38. The molecule has 0 spiro atoms. The van der Waals surface area contributed by atoms with Crippen LogP contribution in [0.4, 0.5) is 15.9 Å². The van der Waals surface area contributed by atoms with Crippen LogP contribution in [0, 0.1) is 5.82 Å². The van der Waals surface area contributed by atoms with E-state index in [9.17, 15) is 9.18 Å². The van der Waals surface area contributed by atoms with E-state index >= 15 is 0 Å². The molecule has 0 radical (unpaired) electrons. The lowest BCUT2D eigenvalue weighted by Gasteiger charge is -2.36. The van der Waals surface area contributed by atoms with Crippen molar-refractivity contribution in [1.29, 1.82) is 0 Å². The summed E-state index contributed by atoms with van der Waals surface area (Å²) in [4.78, 5) is 25.0. The van der Waals surface area contributed by atoms with Gasteiger partial charge in [-0.3, -0.25) is 4.79 Å². The minimum absolute atomic E-state index is 0.0694. The minimum atomic E-state index is -0.239. The number of carbonyl (C=O) groups is 1. The van der Waals surface area contributed by atoms with Gasteiger partial charge in [-0.15, -0.1) is 0 Å². The van der Waals surface area contributed by atoms with Gasteiger partial charge in [-0.2, -0.15) is 0 Å². The maximum atomic E-state index is 13.0. The zero-order valence-electron chi connectivity index (χ0n) is 13.9. The number of piperazine rings is 1. The molecule has 25 heavy (non-hydrogen) atoms. The second kappa shape index (κ2) is 6.66. The molecule has 7 heteroatoms.